The number of aliphatic hydroxyl groups is 1. The van der Waals surface area contributed by atoms with Crippen molar-refractivity contribution in [1.82, 2.24) is 0 Å². The van der Waals surface area contributed by atoms with Crippen LogP contribution < -0.4 is 0 Å². The predicted molar refractivity (Wildman–Crippen MR) is 33.8 cm³/mol. The quantitative estimate of drug-likeness (QED) is 0.444. The molecule has 62 valence electrons. The second-order valence-corrected chi connectivity index (χ2v) is 3.51. The van der Waals surface area contributed by atoms with E-state index < -0.39 is 15.2 Å². The minimum absolute atomic E-state index is 0.00674. The minimum atomic E-state index is -4.53. The third kappa shape index (κ3) is 2.22. The fourth-order valence-corrected chi connectivity index (χ4v) is 0.609. The van der Waals surface area contributed by atoms with Crippen molar-refractivity contribution < 1.29 is 22.8 Å². The average molecular weight is 170 g/mol. The van der Waals surface area contributed by atoms with Crippen LogP contribution in [-0.2, 0) is 14.9 Å². The fraction of sp³-hybridized carbons (Fsp3) is 1.00. The molecule has 0 aromatic heterocycles. The summed E-state index contributed by atoms with van der Waals surface area (Å²) in [6.45, 7) is 2.36. The Kier molecular flexibility index (Phi) is 2.78. The second-order valence-electron chi connectivity index (χ2n) is 1.81. The molecular formula is C4H10O5S. The summed E-state index contributed by atoms with van der Waals surface area (Å²) < 4.78 is 33.0. The molecule has 0 radical (unpaired) electrons. The Bertz CT molecular complexity index is 192. The molecule has 0 aliphatic rings. The molecule has 6 heteroatoms. The first-order valence-electron chi connectivity index (χ1n) is 2.64. The van der Waals surface area contributed by atoms with Crippen LogP contribution in [0.25, 0.3) is 0 Å². The molecule has 0 aliphatic carbocycles. The van der Waals surface area contributed by atoms with Crippen LogP contribution in [0.3, 0.4) is 0 Å². The van der Waals surface area contributed by atoms with E-state index >= 15 is 0 Å². The van der Waals surface area contributed by atoms with Crippen LogP contribution >= 0.6 is 0 Å². The molecular weight excluding hydrogens is 160 g/mol. The molecule has 0 bridgehead atoms. The topological polar surface area (TPSA) is 83.8 Å². The number of hydrogen-bond donors (Lipinski definition) is 2. The summed E-state index contributed by atoms with van der Waals surface area (Å²) in [5, 5.41) is 6.31. The lowest BCUT2D eigenvalue weighted by molar-refractivity contribution is -0.124. The normalized spacial score (nSPS) is 18.4. The van der Waals surface area contributed by atoms with Crippen molar-refractivity contribution in [3.8, 4) is 0 Å². The molecule has 0 fully saturated rings. The molecule has 2 N–H and O–H groups in total. The lowest BCUT2D eigenvalue weighted by atomic mass is 10.7. The maximum absolute atomic E-state index is 10.2. The van der Waals surface area contributed by atoms with Crippen LogP contribution in [0.4, 0.5) is 0 Å². The van der Waals surface area contributed by atoms with Crippen molar-refractivity contribution in [2.75, 3.05) is 6.61 Å². The van der Waals surface area contributed by atoms with Crippen LogP contribution in [0.5, 0.6) is 0 Å². The molecule has 1 atom stereocenters. The number of ether oxygens (including phenoxy) is 1. The standard InChI is InChI=1S/C4H10O5S/c1-3-9-4(2,5)10(6,7)8/h5H,3H2,1-2H3,(H,6,7,8). The molecule has 0 amide bonds. The van der Waals surface area contributed by atoms with E-state index in [1.54, 1.807) is 0 Å². The van der Waals surface area contributed by atoms with Gasteiger partial charge >= 0.3 is 10.1 Å². The van der Waals surface area contributed by atoms with Crippen molar-refractivity contribution in [3.05, 3.63) is 0 Å². The highest BCUT2D eigenvalue weighted by Crippen LogP contribution is 2.12. The van der Waals surface area contributed by atoms with Gasteiger partial charge in [0.1, 0.15) is 0 Å². The molecule has 0 saturated heterocycles. The minimum Gasteiger partial charge on any atom is -0.352 e. The van der Waals surface area contributed by atoms with E-state index in [9.17, 15) is 8.42 Å². The Morgan fingerprint density at radius 1 is 1.60 bits per heavy atom. The van der Waals surface area contributed by atoms with Crippen molar-refractivity contribution in [1.29, 1.82) is 0 Å². The van der Waals surface area contributed by atoms with Gasteiger partial charge in [0.2, 0.25) is 0 Å². The summed E-state index contributed by atoms with van der Waals surface area (Å²) in [4.78, 5) is 0. The van der Waals surface area contributed by atoms with Crippen LogP contribution in [0, 0.1) is 0 Å². The summed E-state index contributed by atoms with van der Waals surface area (Å²) in [5.74, 6) is 0. The van der Waals surface area contributed by atoms with Crippen LogP contribution in [0.2, 0.25) is 0 Å². The molecule has 0 aliphatic heterocycles. The predicted octanol–water partition coefficient (Wildman–Crippen LogP) is -0.423. The second kappa shape index (κ2) is 2.83. The van der Waals surface area contributed by atoms with Crippen LogP contribution in [-0.4, -0.2) is 29.8 Å². The first kappa shape index (κ1) is 9.83. The van der Waals surface area contributed by atoms with Crippen molar-refractivity contribution in [3.63, 3.8) is 0 Å². The molecule has 0 aromatic rings. The zero-order valence-corrected chi connectivity index (χ0v) is 6.55. The Labute approximate surface area is 59.4 Å². The highest BCUT2D eigenvalue weighted by Gasteiger charge is 2.35. The fourth-order valence-electron chi connectivity index (χ4n) is 0.342. The van der Waals surface area contributed by atoms with E-state index in [-0.39, 0.29) is 6.61 Å². The lowest BCUT2D eigenvalue weighted by Crippen LogP contribution is -2.37. The van der Waals surface area contributed by atoms with Crippen molar-refractivity contribution >= 4 is 10.1 Å². The summed E-state index contributed by atoms with van der Waals surface area (Å²) in [6.07, 6.45) is 0. The summed E-state index contributed by atoms with van der Waals surface area (Å²) in [5.41, 5.74) is 0. The maximum Gasteiger partial charge on any atom is 0.321 e. The van der Waals surface area contributed by atoms with Crippen LogP contribution in [0.1, 0.15) is 13.8 Å². The first-order chi connectivity index (χ1) is 4.31. The van der Waals surface area contributed by atoms with Gasteiger partial charge in [-0.1, -0.05) is 0 Å². The van der Waals surface area contributed by atoms with Gasteiger partial charge < -0.3 is 9.84 Å². The Morgan fingerprint density at radius 3 is 2.10 bits per heavy atom. The van der Waals surface area contributed by atoms with Gasteiger partial charge in [-0.2, -0.15) is 8.42 Å². The monoisotopic (exact) mass is 170 g/mol. The van der Waals surface area contributed by atoms with E-state index in [0.29, 0.717) is 0 Å². The van der Waals surface area contributed by atoms with E-state index in [0.717, 1.165) is 6.92 Å². The zero-order chi connectivity index (χ0) is 8.41. The van der Waals surface area contributed by atoms with E-state index in [4.69, 9.17) is 9.66 Å². The third-order valence-corrected chi connectivity index (χ3v) is 1.97. The van der Waals surface area contributed by atoms with Crippen LogP contribution in [0.15, 0.2) is 0 Å². The zero-order valence-electron chi connectivity index (χ0n) is 5.73. The van der Waals surface area contributed by atoms with Gasteiger partial charge in [-0.15, -0.1) is 0 Å². The van der Waals surface area contributed by atoms with Gasteiger partial charge in [0.05, 0.1) is 0 Å². The molecule has 0 rings (SSSR count). The van der Waals surface area contributed by atoms with Gasteiger partial charge in [-0.05, 0) is 6.92 Å². The molecule has 0 spiro atoms. The number of rotatable bonds is 3. The Balaban J connectivity index is 4.42. The molecule has 0 aromatic carbocycles. The smallest absolute Gasteiger partial charge is 0.321 e. The third-order valence-electron chi connectivity index (χ3n) is 0.891. The molecule has 5 nitrogen and oxygen atoms in total. The highest BCUT2D eigenvalue weighted by atomic mass is 32.2. The lowest BCUT2D eigenvalue weighted by Gasteiger charge is -2.18. The van der Waals surface area contributed by atoms with E-state index in [2.05, 4.69) is 4.74 Å². The summed E-state index contributed by atoms with van der Waals surface area (Å²) in [7, 11) is -4.53. The SMILES string of the molecule is CCOC(C)(O)S(=O)(=O)O. The van der Waals surface area contributed by atoms with Gasteiger partial charge in [-0.25, -0.2) is 0 Å². The first-order valence-corrected chi connectivity index (χ1v) is 4.08. The molecule has 0 saturated carbocycles. The molecule has 1 unspecified atom stereocenters. The van der Waals surface area contributed by atoms with E-state index in [1.165, 1.54) is 6.92 Å². The Hall–Kier alpha value is -0.170. The van der Waals surface area contributed by atoms with Gasteiger partial charge in [0.25, 0.3) is 5.12 Å². The summed E-state index contributed by atoms with van der Waals surface area (Å²) in [6, 6.07) is 0. The maximum atomic E-state index is 10.2. The molecule has 0 heterocycles. The van der Waals surface area contributed by atoms with E-state index in [1.807, 2.05) is 0 Å². The van der Waals surface area contributed by atoms with Gasteiger partial charge in [0, 0.05) is 13.5 Å². The van der Waals surface area contributed by atoms with Gasteiger partial charge in [-0.3, -0.25) is 4.55 Å². The van der Waals surface area contributed by atoms with Crippen molar-refractivity contribution in [2.24, 2.45) is 0 Å². The van der Waals surface area contributed by atoms with Crippen molar-refractivity contribution in [2.45, 2.75) is 19.0 Å². The average Bonchev–Trinajstić information content (AvgIpc) is 1.61. The largest absolute Gasteiger partial charge is 0.352 e. The number of hydrogen-bond acceptors (Lipinski definition) is 4. The molecule has 10 heavy (non-hydrogen) atoms. The van der Waals surface area contributed by atoms with Gasteiger partial charge in [0.15, 0.2) is 0 Å². The summed E-state index contributed by atoms with van der Waals surface area (Å²) >= 11 is 0. The highest BCUT2D eigenvalue weighted by molar-refractivity contribution is 7.86. The Morgan fingerprint density at radius 2 is 2.00 bits per heavy atom.